The number of aromatic amines is 1. The largest absolute Gasteiger partial charge is 0.545 e. The molecule has 1 N–H and O–H groups in total. The number of aromatic carboxylic acids is 1. The first-order valence-electron chi connectivity index (χ1n) is 6.38. The Morgan fingerprint density at radius 1 is 1.14 bits per heavy atom. The number of rotatable bonds is 3. The summed E-state index contributed by atoms with van der Waals surface area (Å²) in [5.74, 6) is -0.745. The molecule has 6 heteroatoms. The number of carbonyl (C=O) groups excluding carboxylic acids is 1. The molecule has 0 aliphatic carbocycles. The Bertz CT molecular complexity index is 900. The normalized spacial score (nSPS) is 11.4. The van der Waals surface area contributed by atoms with Crippen molar-refractivity contribution in [2.45, 2.75) is 0 Å². The molecular formula is C16H9Cl2N2O2-. The van der Waals surface area contributed by atoms with E-state index in [1.807, 2.05) is 6.07 Å². The Balaban J connectivity index is 2.01. The number of fused-ring (bicyclic) bond motifs is 1. The first-order valence-corrected chi connectivity index (χ1v) is 7.14. The van der Waals surface area contributed by atoms with Crippen LogP contribution in [0.1, 0.15) is 21.7 Å². The molecule has 22 heavy (non-hydrogen) atoms. The predicted molar refractivity (Wildman–Crippen MR) is 85.8 cm³/mol. The smallest absolute Gasteiger partial charge is 0.131 e. The number of hydrogen-bond acceptors (Lipinski definition) is 3. The summed E-state index contributed by atoms with van der Waals surface area (Å²) < 4.78 is 0. The summed E-state index contributed by atoms with van der Waals surface area (Å²) >= 11 is 12.1. The van der Waals surface area contributed by atoms with E-state index >= 15 is 0 Å². The van der Waals surface area contributed by atoms with E-state index in [4.69, 9.17) is 23.2 Å². The highest BCUT2D eigenvalue weighted by molar-refractivity contribution is 6.42. The zero-order chi connectivity index (χ0) is 15.7. The number of carboxylic acid groups (broad SMARTS) is 1. The molecule has 0 aliphatic rings. The number of nitrogens with zero attached hydrogens (tertiary/aromatic N) is 1. The van der Waals surface area contributed by atoms with E-state index in [1.165, 1.54) is 6.07 Å². The monoisotopic (exact) mass is 331 g/mol. The van der Waals surface area contributed by atoms with Gasteiger partial charge in [0.25, 0.3) is 0 Å². The molecule has 1 heterocycles. The van der Waals surface area contributed by atoms with Gasteiger partial charge in [0.2, 0.25) is 0 Å². The fraction of sp³-hybridized carbons (Fsp3) is 0. The molecule has 0 bridgehead atoms. The van der Waals surface area contributed by atoms with Crippen LogP contribution in [0.5, 0.6) is 0 Å². The highest BCUT2D eigenvalue weighted by Crippen LogP contribution is 2.27. The van der Waals surface area contributed by atoms with E-state index < -0.39 is 5.97 Å². The first kappa shape index (κ1) is 14.6. The molecule has 4 nitrogen and oxygen atoms in total. The quantitative estimate of drug-likeness (QED) is 0.799. The Morgan fingerprint density at radius 2 is 1.91 bits per heavy atom. The molecule has 0 aliphatic heterocycles. The molecule has 0 amide bonds. The summed E-state index contributed by atoms with van der Waals surface area (Å²) in [6, 6.07) is 10.2. The van der Waals surface area contributed by atoms with Crippen LogP contribution < -0.4 is 5.11 Å². The van der Waals surface area contributed by atoms with Crippen molar-refractivity contribution >= 4 is 52.4 Å². The van der Waals surface area contributed by atoms with Gasteiger partial charge in [0.1, 0.15) is 5.82 Å². The highest BCUT2D eigenvalue weighted by atomic mass is 35.5. The Morgan fingerprint density at radius 3 is 2.68 bits per heavy atom. The summed E-state index contributed by atoms with van der Waals surface area (Å²) in [5, 5.41) is 12.0. The van der Waals surface area contributed by atoms with Crippen molar-refractivity contribution in [1.29, 1.82) is 0 Å². The van der Waals surface area contributed by atoms with Crippen molar-refractivity contribution < 1.29 is 9.90 Å². The topological polar surface area (TPSA) is 68.8 Å². The lowest BCUT2D eigenvalue weighted by Crippen LogP contribution is -2.22. The number of benzene rings is 2. The second kappa shape index (κ2) is 5.83. The lowest BCUT2D eigenvalue weighted by atomic mass is 10.2. The summed E-state index contributed by atoms with van der Waals surface area (Å²) in [5.41, 5.74) is 1.78. The Labute approximate surface area is 136 Å². The standard InChI is InChI=1S/C16H10Cl2N2O2/c17-11-5-1-3-9(14(11)18)7-8-13-19-12-6-2-4-10(16(21)22)15(12)20-13/h1-8H,(H,19,20)(H,21,22)/p-1/b8-7+. The van der Waals surface area contributed by atoms with Gasteiger partial charge in [-0.2, -0.15) is 0 Å². The third kappa shape index (κ3) is 2.71. The molecule has 0 unspecified atom stereocenters. The molecule has 1 aromatic heterocycles. The van der Waals surface area contributed by atoms with Crippen LogP contribution in [0.2, 0.25) is 10.0 Å². The number of halogens is 2. The van der Waals surface area contributed by atoms with Crippen molar-refractivity contribution in [3.05, 3.63) is 63.4 Å². The molecule has 2 aromatic carbocycles. The van der Waals surface area contributed by atoms with Gasteiger partial charge in [-0.3, -0.25) is 0 Å². The van der Waals surface area contributed by atoms with Crippen LogP contribution in [0.25, 0.3) is 23.2 Å². The van der Waals surface area contributed by atoms with Gasteiger partial charge in [0, 0.05) is 5.56 Å². The average molecular weight is 332 g/mol. The number of nitrogens with one attached hydrogen (secondary N) is 1. The lowest BCUT2D eigenvalue weighted by molar-refractivity contribution is -0.254. The SMILES string of the molecule is O=C([O-])c1cccc2[nH]c(/C=C/c3cccc(Cl)c3Cl)nc12. The van der Waals surface area contributed by atoms with Gasteiger partial charge >= 0.3 is 0 Å². The minimum Gasteiger partial charge on any atom is -0.545 e. The Hall–Kier alpha value is -2.30. The third-order valence-corrected chi connectivity index (χ3v) is 3.99. The number of carbonyl (C=O) groups is 1. The van der Waals surface area contributed by atoms with Crippen LogP contribution >= 0.6 is 23.2 Å². The average Bonchev–Trinajstić information content (AvgIpc) is 2.91. The van der Waals surface area contributed by atoms with E-state index in [9.17, 15) is 9.90 Å². The van der Waals surface area contributed by atoms with E-state index in [0.717, 1.165) is 5.56 Å². The molecule has 3 rings (SSSR count). The number of imidazole rings is 1. The molecular weight excluding hydrogens is 323 g/mol. The van der Waals surface area contributed by atoms with Crippen LogP contribution in [0, 0.1) is 0 Å². The lowest BCUT2D eigenvalue weighted by Gasteiger charge is -2.01. The zero-order valence-corrected chi connectivity index (χ0v) is 12.7. The number of carboxylic acids is 1. The van der Waals surface area contributed by atoms with Gasteiger partial charge < -0.3 is 14.9 Å². The van der Waals surface area contributed by atoms with Crippen molar-refractivity contribution in [1.82, 2.24) is 9.97 Å². The van der Waals surface area contributed by atoms with Crippen molar-refractivity contribution in [2.24, 2.45) is 0 Å². The second-order valence-electron chi connectivity index (χ2n) is 4.59. The van der Waals surface area contributed by atoms with Crippen LogP contribution in [0.3, 0.4) is 0 Å². The highest BCUT2D eigenvalue weighted by Gasteiger charge is 2.07. The molecule has 0 atom stereocenters. The van der Waals surface area contributed by atoms with Gasteiger partial charge in [-0.05, 0) is 29.8 Å². The van der Waals surface area contributed by atoms with Crippen molar-refractivity contribution in [3.63, 3.8) is 0 Å². The minimum atomic E-state index is -1.26. The first-order chi connectivity index (χ1) is 10.6. The van der Waals surface area contributed by atoms with E-state index in [1.54, 1.807) is 36.4 Å². The molecule has 0 radical (unpaired) electrons. The van der Waals surface area contributed by atoms with Gasteiger partial charge in [-0.1, -0.05) is 47.5 Å². The fourth-order valence-electron chi connectivity index (χ4n) is 2.11. The summed E-state index contributed by atoms with van der Waals surface area (Å²) in [7, 11) is 0. The van der Waals surface area contributed by atoms with Gasteiger partial charge in [-0.25, -0.2) is 4.98 Å². The van der Waals surface area contributed by atoms with Crippen molar-refractivity contribution in [2.75, 3.05) is 0 Å². The molecule has 0 saturated carbocycles. The molecule has 0 saturated heterocycles. The van der Waals surface area contributed by atoms with Gasteiger partial charge in [0.15, 0.2) is 0 Å². The second-order valence-corrected chi connectivity index (χ2v) is 5.37. The van der Waals surface area contributed by atoms with Crippen LogP contribution in [-0.4, -0.2) is 15.9 Å². The third-order valence-electron chi connectivity index (χ3n) is 3.15. The van der Waals surface area contributed by atoms with Crippen LogP contribution in [0.4, 0.5) is 0 Å². The summed E-state index contributed by atoms with van der Waals surface area (Å²) in [6.45, 7) is 0. The maximum Gasteiger partial charge on any atom is 0.131 e. The zero-order valence-electron chi connectivity index (χ0n) is 11.1. The summed E-state index contributed by atoms with van der Waals surface area (Å²) in [4.78, 5) is 18.4. The molecule has 3 aromatic rings. The van der Waals surface area contributed by atoms with E-state index in [0.29, 0.717) is 26.9 Å². The van der Waals surface area contributed by atoms with Crippen LogP contribution in [-0.2, 0) is 0 Å². The molecule has 0 fully saturated rings. The molecule has 0 spiro atoms. The summed E-state index contributed by atoms with van der Waals surface area (Å²) in [6.07, 6.45) is 3.46. The van der Waals surface area contributed by atoms with Crippen molar-refractivity contribution in [3.8, 4) is 0 Å². The molecule has 110 valence electrons. The van der Waals surface area contributed by atoms with E-state index in [2.05, 4.69) is 9.97 Å². The van der Waals surface area contributed by atoms with Gasteiger partial charge in [-0.15, -0.1) is 0 Å². The Kier molecular flexibility index (Phi) is 3.88. The number of hydrogen-bond donors (Lipinski definition) is 1. The maximum atomic E-state index is 11.1. The van der Waals surface area contributed by atoms with Crippen LogP contribution in [0.15, 0.2) is 36.4 Å². The number of aromatic nitrogens is 2. The number of para-hydroxylation sites is 1. The number of H-pyrrole nitrogens is 1. The van der Waals surface area contributed by atoms with E-state index in [-0.39, 0.29) is 5.56 Å². The maximum absolute atomic E-state index is 11.1. The minimum absolute atomic E-state index is 0.0502. The van der Waals surface area contributed by atoms with Gasteiger partial charge in [0.05, 0.1) is 27.0 Å². The fourth-order valence-corrected chi connectivity index (χ4v) is 2.48. The predicted octanol–water partition coefficient (Wildman–Crippen LogP) is 3.40.